The van der Waals surface area contributed by atoms with Crippen LogP contribution in [0.4, 0.5) is 5.82 Å². The predicted molar refractivity (Wildman–Crippen MR) is 129 cm³/mol. The third kappa shape index (κ3) is 5.93. The molecule has 0 aliphatic rings. The first-order valence-electron chi connectivity index (χ1n) is 11.5. The molecule has 0 aromatic carbocycles. The third-order valence-electron chi connectivity index (χ3n) is 5.54. The van der Waals surface area contributed by atoms with Gasteiger partial charge in [0, 0.05) is 38.5 Å². The van der Waals surface area contributed by atoms with Gasteiger partial charge in [-0.3, -0.25) is 14.8 Å². The van der Waals surface area contributed by atoms with E-state index in [4.69, 9.17) is 22.2 Å². The number of guanidine groups is 1. The molecule has 0 saturated heterocycles. The normalized spacial score (nSPS) is 11.3. The van der Waals surface area contributed by atoms with Gasteiger partial charge in [-0.1, -0.05) is 19.8 Å². The summed E-state index contributed by atoms with van der Waals surface area (Å²) in [6.07, 6.45) is 9.45. The van der Waals surface area contributed by atoms with E-state index in [0.717, 1.165) is 73.0 Å². The minimum Gasteiger partial charge on any atom is -0.382 e. The fraction of sp³-hybridized carbons (Fsp3) is 0.522. The number of unbranched alkanes of at least 4 members (excludes halogenated alkanes) is 3. The standard InChI is InChI=1S/C23H34N8O/c1-2-3-12-18-30-20-21(19-17(29-22(20)24)11-8-13-27-19)31(18)15-6-4-5-9-16(32)10-7-14-28-23(25)26/h8,11,13H,2-7,9-10,12,14-15H2,1H3,(H2,24,29)(H4,25,26,28). The molecule has 9 nitrogen and oxygen atoms in total. The van der Waals surface area contributed by atoms with Crippen LogP contribution in [0.15, 0.2) is 23.3 Å². The van der Waals surface area contributed by atoms with Crippen LogP contribution in [0.25, 0.3) is 22.1 Å². The monoisotopic (exact) mass is 438 g/mol. The summed E-state index contributed by atoms with van der Waals surface area (Å²) in [6.45, 7) is 3.50. The zero-order chi connectivity index (χ0) is 22.9. The van der Waals surface area contributed by atoms with E-state index in [-0.39, 0.29) is 11.7 Å². The van der Waals surface area contributed by atoms with E-state index < -0.39 is 0 Å². The lowest BCUT2D eigenvalue weighted by Crippen LogP contribution is -2.23. The van der Waals surface area contributed by atoms with Gasteiger partial charge in [-0.15, -0.1) is 0 Å². The fourth-order valence-electron chi connectivity index (χ4n) is 3.91. The van der Waals surface area contributed by atoms with Crippen molar-refractivity contribution in [1.82, 2.24) is 19.5 Å². The van der Waals surface area contributed by atoms with E-state index in [9.17, 15) is 4.79 Å². The molecule has 172 valence electrons. The van der Waals surface area contributed by atoms with E-state index in [2.05, 4.69) is 26.5 Å². The summed E-state index contributed by atoms with van der Waals surface area (Å²) >= 11 is 0. The Balaban J connectivity index is 1.64. The van der Waals surface area contributed by atoms with Gasteiger partial charge in [-0.25, -0.2) is 9.97 Å². The van der Waals surface area contributed by atoms with Crippen molar-refractivity contribution in [2.45, 2.75) is 71.3 Å². The van der Waals surface area contributed by atoms with E-state index in [0.29, 0.717) is 31.6 Å². The Morgan fingerprint density at radius 3 is 2.66 bits per heavy atom. The summed E-state index contributed by atoms with van der Waals surface area (Å²) in [6, 6.07) is 3.80. The number of Topliss-reactive ketones (excluding diaryl/α,β-unsaturated/α-hetero) is 1. The number of imidazole rings is 1. The minimum absolute atomic E-state index is 0.0725. The molecule has 0 radical (unpaired) electrons. The maximum atomic E-state index is 12.1. The molecule has 3 rings (SSSR count). The first-order chi connectivity index (χ1) is 15.5. The Bertz CT molecular complexity index is 1080. The molecule has 9 heteroatoms. The summed E-state index contributed by atoms with van der Waals surface area (Å²) < 4.78 is 2.26. The molecule has 32 heavy (non-hydrogen) atoms. The highest BCUT2D eigenvalue weighted by molar-refractivity contribution is 6.04. The summed E-state index contributed by atoms with van der Waals surface area (Å²) in [5.74, 6) is 1.82. The molecule has 0 aliphatic heterocycles. The van der Waals surface area contributed by atoms with Crippen molar-refractivity contribution in [1.29, 1.82) is 0 Å². The fourth-order valence-corrected chi connectivity index (χ4v) is 3.91. The molecule has 3 aromatic heterocycles. The van der Waals surface area contributed by atoms with Gasteiger partial charge in [0.05, 0.1) is 5.52 Å². The zero-order valence-corrected chi connectivity index (χ0v) is 18.9. The molecular formula is C23H34N8O. The van der Waals surface area contributed by atoms with Gasteiger partial charge in [-0.2, -0.15) is 0 Å². The first kappa shape index (κ1) is 23.4. The Morgan fingerprint density at radius 1 is 1.06 bits per heavy atom. The second kappa shape index (κ2) is 11.4. The van der Waals surface area contributed by atoms with Gasteiger partial charge in [0.15, 0.2) is 11.8 Å². The largest absolute Gasteiger partial charge is 0.382 e. The molecule has 0 fully saturated rings. The number of aromatic nitrogens is 4. The Labute approximate surface area is 188 Å². The number of nitrogen functional groups attached to an aromatic ring is 1. The number of carbonyl (C=O) groups is 1. The molecule has 0 atom stereocenters. The number of fused-ring (bicyclic) bond motifs is 3. The van der Waals surface area contributed by atoms with E-state index in [1.54, 1.807) is 6.20 Å². The van der Waals surface area contributed by atoms with Gasteiger partial charge >= 0.3 is 0 Å². The molecule has 0 bridgehead atoms. The quantitative estimate of drug-likeness (QED) is 0.211. The van der Waals surface area contributed by atoms with Gasteiger partial charge in [-0.05, 0) is 37.8 Å². The highest BCUT2D eigenvalue weighted by atomic mass is 16.1. The predicted octanol–water partition coefficient (Wildman–Crippen LogP) is 3.09. The number of hydrogen-bond donors (Lipinski definition) is 3. The third-order valence-corrected chi connectivity index (χ3v) is 5.54. The van der Waals surface area contributed by atoms with Crippen molar-refractivity contribution in [3.05, 3.63) is 24.2 Å². The van der Waals surface area contributed by atoms with Gasteiger partial charge in [0.1, 0.15) is 28.2 Å². The lowest BCUT2D eigenvalue weighted by molar-refractivity contribution is -0.119. The maximum absolute atomic E-state index is 12.1. The number of anilines is 1. The highest BCUT2D eigenvalue weighted by Crippen LogP contribution is 2.28. The second-order valence-corrected chi connectivity index (χ2v) is 8.11. The number of nitrogens with zero attached hydrogens (tertiary/aromatic N) is 5. The molecule has 0 aliphatic carbocycles. The van der Waals surface area contributed by atoms with Crippen LogP contribution in [0.3, 0.4) is 0 Å². The smallest absolute Gasteiger partial charge is 0.185 e. The van der Waals surface area contributed by atoms with Crippen LogP contribution < -0.4 is 17.2 Å². The van der Waals surface area contributed by atoms with Crippen LogP contribution in [0.2, 0.25) is 0 Å². The molecule has 0 saturated carbocycles. The number of hydrogen-bond acceptors (Lipinski definition) is 6. The van der Waals surface area contributed by atoms with E-state index in [1.165, 1.54) is 0 Å². The van der Waals surface area contributed by atoms with Gasteiger partial charge < -0.3 is 21.8 Å². The van der Waals surface area contributed by atoms with Crippen molar-refractivity contribution in [2.75, 3.05) is 12.3 Å². The average Bonchev–Trinajstić information content (AvgIpc) is 3.14. The van der Waals surface area contributed by atoms with E-state index in [1.807, 2.05) is 12.1 Å². The highest BCUT2D eigenvalue weighted by Gasteiger charge is 2.17. The van der Waals surface area contributed by atoms with Crippen LogP contribution in [0.1, 0.15) is 64.1 Å². The lowest BCUT2D eigenvalue weighted by Gasteiger charge is -2.10. The number of nitrogens with two attached hydrogens (primary N) is 3. The number of pyridine rings is 2. The molecule has 3 heterocycles. The first-order valence-corrected chi connectivity index (χ1v) is 11.5. The number of aryl methyl sites for hydroxylation is 2. The maximum Gasteiger partial charge on any atom is 0.185 e. The Morgan fingerprint density at radius 2 is 1.88 bits per heavy atom. The molecule has 0 amide bonds. The summed E-state index contributed by atoms with van der Waals surface area (Å²) in [4.78, 5) is 29.9. The van der Waals surface area contributed by atoms with Crippen LogP contribution in [0, 0.1) is 0 Å². The molecule has 0 spiro atoms. The summed E-state index contributed by atoms with van der Waals surface area (Å²) in [7, 11) is 0. The summed E-state index contributed by atoms with van der Waals surface area (Å²) in [5.41, 5.74) is 20.1. The van der Waals surface area contributed by atoms with Crippen LogP contribution >= 0.6 is 0 Å². The number of rotatable bonds is 13. The minimum atomic E-state index is 0.0725. The second-order valence-electron chi connectivity index (χ2n) is 8.11. The van der Waals surface area contributed by atoms with Crippen molar-refractivity contribution >= 4 is 39.6 Å². The topological polar surface area (TPSA) is 151 Å². The number of aliphatic imine (C=N–C) groups is 1. The Kier molecular flexibility index (Phi) is 8.35. The van der Waals surface area contributed by atoms with Gasteiger partial charge in [0.25, 0.3) is 0 Å². The Hall–Kier alpha value is -3.23. The molecule has 6 N–H and O–H groups in total. The number of carbonyl (C=O) groups excluding carboxylic acids is 1. The van der Waals surface area contributed by atoms with Crippen LogP contribution in [0.5, 0.6) is 0 Å². The molecular weight excluding hydrogens is 404 g/mol. The van der Waals surface area contributed by atoms with Crippen LogP contribution in [-0.2, 0) is 17.8 Å². The summed E-state index contributed by atoms with van der Waals surface area (Å²) in [5, 5.41) is 0. The van der Waals surface area contributed by atoms with Gasteiger partial charge in [0.2, 0.25) is 0 Å². The van der Waals surface area contributed by atoms with Crippen molar-refractivity contribution in [2.24, 2.45) is 16.5 Å². The molecule has 0 unspecified atom stereocenters. The van der Waals surface area contributed by atoms with Crippen molar-refractivity contribution in [3.63, 3.8) is 0 Å². The van der Waals surface area contributed by atoms with E-state index >= 15 is 0 Å². The van der Waals surface area contributed by atoms with Crippen LogP contribution in [-0.4, -0.2) is 37.8 Å². The van der Waals surface area contributed by atoms with Crippen molar-refractivity contribution in [3.8, 4) is 0 Å². The SMILES string of the molecule is CCCCc1nc2c(N)nc3cccnc3c2n1CCCCCC(=O)CCCN=C(N)N. The van der Waals surface area contributed by atoms with Crippen molar-refractivity contribution < 1.29 is 4.79 Å². The average molecular weight is 439 g/mol. The molecule has 3 aromatic rings. The zero-order valence-electron chi connectivity index (χ0n) is 18.9. The lowest BCUT2D eigenvalue weighted by atomic mass is 10.1. The number of ketones is 1.